The molecule has 1 fully saturated rings. The molecule has 5 rings (SSSR count). The lowest BCUT2D eigenvalue weighted by molar-refractivity contribution is -0.115. The monoisotopic (exact) mass is 435 g/mol. The predicted octanol–water partition coefficient (Wildman–Crippen LogP) is 4.59. The molecule has 0 atom stereocenters. The molecule has 0 aliphatic carbocycles. The summed E-state index contributed by atoms with van der Waals surface area (Å²) in [5.74, 6) is -0.870. The number of aliphatic imine (C=N–C) groups is 1. The molecule has 3 heterocycles. The van der Waals surface area contributed by atoms with Crippen molar-refractivity contribution in [3.05, 3.63) is 70.4 Å². The van der Waals surface area contributed by atoms with Gasteiger partial charge in [-0.05, 0) is 48.4 Å². The van der Waals surface area contributed by atoms with E-state index >= 15 is 0 Å². The van der Waals surface area contributed by atoms with Crippen molar-refractivity contribution in [3.8, 4) is 0 Å². The minimum absolute atomic E-state index is 0.214. The Morgan fingerprint density at radius 1 is 0.935 bits per heavy atom. The number of hydrogen-bond donors (Lipinski definition) is 0. The van der Waals surface area contributed by atoms with Gasteiger partial charge in [0.15, 0.2) is 5.17 Å². The van der Waals surface area contributed by atoms with Crippen molar-refractivity contribution in [1.82, 2.24) is 4.90 Å². The molecule has 2 amide bonds. The van der Waals surface area contributed by atoms with Crippen LogP contribution in [0.4, 0.5) is 10.1 Å². The van der Waals surface area contributed by atoms with Gasteiger partial charge < -0.3 is 9.80 Å². The molecule has 1 saturated heterocycles. The molecule has 0 aromatic heterocycles. The van der Waals surface area contributed by atoms with Crippen molar-refractivity contribution >= 4 is 40.0 Å². The summed E-state index contributed by atoms with van der Waals surface area (Å²) in [6, 6.07) is 13.6. The first-order valence-electron chi connectivity index (χ1n) is 10.6. The third-order valence-corrected chi connectivity index (χ3v) is 6.98. The van der Waals surface area contributed by atoms with Gasteiger partial charge in [0.25, 0.3) is 11.8 Å². The van der Waals surface area contributed by atoms with Crippen molar-refractivity contribution in [2.45, 2.75) is 32.2 Å². The van der Waals surface area contributed by atoms with Crippen LogP contribution in [0.15, 0.2) is 58.4 Å². The zero-order valence-electron chi connectivity index (χ0n) is 17.0. The SMILES string of the molecule is O=C1N=C(N2CCCCCC2)S/C1=C1\C(=O)N(Cc2ccc(F)cc2)c2ccccc21. The van der Waals surface area contributed by atoms with Crippen molar-refractivity contribution in [1.29, 1.82) is 0 Å². The highest BCUT2D eigenvalue weighted by Gasteiger charge is 2.39. The maximum atomic E-state index is 13.5. The number of fused-ring (bicyclic) bond motifs is 1. The van der Waals surface area contributed by atoms with Gasteiger partial charge in [0.2, 0.25) is 0 Å². The number of carbonyl (C=O) groups excluding carboxylic acids is 2. The van der Waals surface area contributed by atoms with Crippen LogP contribution >= 0.6 is 11.8 Å². The number of para-hydroxylation sites is 1. The molecular formula is C24H22FN3O2S. The molecule has 0 saturated carbocycles. The van der Waals surface area contributed by atoms with Gasteiger partial charge in [0, 0.05) is 18.7 Å². The van der Waals surface area contributed by atoms with Crippen LogP contribution in [0.25, 0.3) is 5.57 Å². The standard InChI is InChI=1S/C24H22FN3O2S/c25-17-11-9-16(10-12-17)15-28-19-8-4-3-7-18(19)20(23(28)30)21-22(29)26-24(31-21)27-13-5-1-2-6-14-27/h3-4,7-12H,1-2,5-6,13-15H2/b21-20-. The Kier molecular flexibility index (Phi) is 5.36. The summed E-state index contributed by atoms with van der Waals surface area (Å²) in [4.78, 5) is 34.9. The van der Waals surface area contributed by atoms with Crippen molar-refractivity contribution in [2.75, 3.05) is 18.0 Å². The number of anilines is 1. The molecule has 0 spiro atoms. The topological polar surface area (TPSA) is 53.0 Å². The second kappa shape index (κ2) is 8.30. The van der Waals surface area contributed by atoms with E-state index < -0.39 is 0 Å². The van der Waals surface area contributed by atoms with Crippen LogP contribution in [0.5, 0.6) is 0 Å². The van der Waals surface area contributed by atoms with E-state index in [2.05, 4.69) is 9.89 Å². The fourth-order valence-electron chi connectivity index (χ4n) is 4.28. The van der Waals surface area contributed by atoms with Crippen molar-refractivity contribution in [2.24, 2.45) is 4.99 Å². The number of amidine groups is 1. The van der Waals surface area contributed by atoms with E-state index in [9.17, 15) is 14.0 Å². The van der Waals surface area contributed by atoms with Gasteiger partial charge in [-0.15, -0.1) is 0 Å². The highest BCUT2D eigenvalue weighted by molar-refractivity contribution is 8.18. The zero-order valence-corrected chi connectivity index (χ0v) is 17.8. The molecule has 0 unspecified atom stereocenters. The maximum Gasteiger partial charge on any atom is 0.287 e. The van der Waals surface area contributed by atoms with Gasteiger partial charge in [-0.25, -0.2) is 4.39 Å². The normalized spacial score (nSPS) is 21.4. The second-order valence-electron chi connectivity index (χ2n) is 7.94. The number of rotatable bonds is 2. The van der Waals surface area contributed by atoms with E-state index in [0.717, 1.165) is 42.7 Å². The van der Waals surface area contributed by atoms with E-state index in [0.29, 0.717) is 22.2 Å². The van der Waals surface area contributed by atoms with Crippen molar-refractivity contribution < 1.29 is 14.0 Å². The van der Waals surface area contributed by atoms with E-state index in [1.807, 2.05) is 24.3 Å². The van der Waals surface area contributed by atoms with E-state index in [-0.39, 0.29) is 17.6 Å². The largest absolute Gasteiger partial charge is 0.351 e. The summed E-state index contributed by atoms with van der Waals surface area (Å²) in [5.41, 5.74) is 2.75. The number of benzene rings is 2. The minimum atomic E-state index is -0.342. The number of likely N-dealkylation sites (tertiary alicyclic amines) is 1. The van der Waals surface area contributed by atoms with E-state index in [1.54, 1.807) is 17.0 Å². The quantitative estimate of drug-likeness (QED) is 0.648. The molecule has 0 N–H and O–H groups in total. The smallest absolute Gasteiger partial charge is 0.287 e. The average Bonchev–Trinajstić information content (AvgIpc) is 3.13. The van der Waals surface area contributed by atoms with Gasteiger partial charge in [-0.1, -0.05) is 43.2 Å². The van der Waals surface area contributed by atoms with E-state index in [4.69, 9.17) is 0 Å². The molecule has 0 bridgehead atoms. The highest BCUT2D eigenvalue weighted by atomic mass is 32.2. The number of nitrogens with zero attached hydrogens (tertiary/aromatic N) is 3. The Hall–Kier alpha value is -2.93. The predicted molar refractivity (Wildman–Crippen MR) is 121 cm³/mol. The molecule has 2 aromatic carbocycles. The number of carbonyl (C=O) groups is 2. The first-order valence-corrected chi connectivity index (χ1v) is 11.4. The van der Waals surface area contributed by atoms with Crippen LogP contribution in [-0.4, -0.2) is 35.0 Å². The van der Waals surface area contributed by atoms with E-state index in [1.165, 1.54) is 36.7 Å². The van der Waals surface area contributed by atoms with Crippen LogP contribution < -0.4 is 4.90 Å². The first-order chi connectivity index (χ1) is 15.1. The van der Waals surface area contributed by atoms with Gasteiger partial charge in [0.05, 0.1) is 22.7 Å². The Balaban J connectivity index is 1.48. The lowest BCUT2D eigenvalue weighted by Gasteiger charge is -2.20. The summed E-state index contributed by atoms with van der Waals surface area (Å²) in [6.07, 6.45) is 4.57. The highest BCUT2D eigenvalue weighted by Crippen LogP contribution is 2.44. The zero-order chi connectivity index (χ0) is 21.4. The Labute approximate surface area is 184 Å². The number of amides is 2. The molecular weight excluding hydrogens is 413 g/mol. The average molecular weight is 436 g/mol. The summed E-state index contributed by atoms with van der Waals surface area (Å²) >= 11 is 1.32. The molecule has 3 aliphatic rings. The number of thioether (sulfide) groups is 1. The van der Waals surface area contributed by atoms with Gasteiger partial charge in [0.1, 0.15) is 5.82 Å². The molecule has 158 valence electrons. The van der Waals surface area contributed by atoms with Crippen LogP contribution in [0.1, 0.15) is 36.8 Å². The fourth-order valence-corrected chi connectivity index (χ4v) is 5.33. The lowest BCUT2D eigenvalue weighted by Crippen LogP contribution is -2.28. The lowest BCUT2D eigenvalue weighted by atomic mass is 10.1. The van der Waals surface area contributed by atoms with Crippen LogP contribution in [-0.2, 0) is 16.1 Å². The van der Waals surface area contributed by atoms with Crippen molar-refractivity contribution in [3.63, 3.8) is 0 Å². The van der Waals surface area contributed by atoms with Crippen LogP contribution in [0.3, 0.4) is 0 Å². The van der Waals surface area contributed by atoms with Crippen LogP contribution in [0.2, 0.25) is 0 Å². The number of halogens is 1. The minimum Gasteiger partial charge on any atom is -0.351 e. The summed E-state index contributed by atoms with van der Waals surface area (Å²) in [6.45, 7) is 2.09. The molecule has 0 radical (unpaired) electrons. The second-order valence-corrected chi connectivity index (χ2v) is 8.92. The third kappa shape index (κ3) is 3.78. The molecule has 2 aromatic rings. The summed E-state index contributed by atoms with van der Waals surface area (Å²) in [5, 5.41) is 0.705. The van der Waals surface area contributed by atoms with Gasteiger partial charge >= 0.3 is 0 Å². The fraction of sp³-hybridized carbons (Fsp3) is 0.292. The number of hydrogen-bond acceptors (Lipinski definition) is 4. The molecule has 31 heavy (non-hydrogen) atoms. The Morgan fingerprint density at radius 2 is 1.65 bits per heavy atom. The molecule has 7 heteroatoms. The first kappa shape index (κ1) is 20.0. The Bertz CT molecular complexity index is 1100. The summed E-state index contributed by atoms with van der Waals surface area (Å²) in [7, 11) is 0. The maximum absolute atomic E-state index is 13.5. The molecule has 3 aliphatic heterocycles. The molecule has 5 nitrogen and oxygen atoms in total. The summed E-state index contributed by atoms with van der Waals surface area (Å²) < 4.78 is 13.3. The Morgan fingerprint density at radius 3 is 2.39 bits per heavy atom. The third-order valence-electron chi connectivity index (χ3n) is 5.87. The van der Waals surface area contributed by atoms with Gasteiger partial charge in [-0.3, -0.25) is 9.59 Å². The van der Waals surface area contributed by atoms with Crippen LogP contribution in [0, 0.1) is 5.82 Å². The van der Waals surface area contributed by atoms with Gasteiger partial charge in [-0.2, -0.15) is 4.99 Å².